The minimum absolute atomic E-state index is 0.0664. The topological polar surface area (TPSA) is 78.4 Å². The SMILES string of the molecule is Cc1nc(N2CCN(Cc3ccc(C(F)(F)F)cc3)C2=O)sc1C(=O)NCc1csc(C(F)(F)F)n1. The van der Waals surface area contributed by atoms with Gasteiger partial charge in [0.25, 0.3) is 5.91 Å². The minimum Gasteiger partial charge on any atom is -0.346 e. The number of hydrogen-bond donors (Lipinski definition) is 1. The maximum absolute atomic E-state index is 12.9. The maximum Gasteiger partial charge on any atom is 0.443 e. The fraction of sp³-hybridized carbons (Fsp3) is 0.333. The van der Waals surface area contributed by atoms with Crippen molar-refractivity contribution in [3.8, 4) is 0 Å². The highest BCUT2D eigenvalue weighted by Gasteiger charge is 2.35. The fourth-order valence-corrected chi connectivity index (χ4v) is 5.09. The van der Waals surface area contributed by atoms with Gasteiger partial charge in [-0.3, -0.25) is 9.69 Å². The molecule has 0 aliphatic carbocycles. The molecule has 1 fully saturated rings. The minimum atomic E-state index is -4.56. The van der Waals surface area contributed by atoms with E-state index in [2.05, 4.69) is 15.3 Å². The molecule has 192 valence electrons. The highest BCUT2D eigenvalue weighted by molar-refractivity contribution is 7.17. The number of nitrogens with one attached hydrogen (secondary N) is 1. The van der Waals surface area contributed by atoms with Gasteiger partial charge in [0.15, 0.2) is 10.1 Å². The Morgan fingerprint density at radius 3 is 2.36 bits per heavy atom. The van der Waals surface area contributed by atoms with E-state index in [1.165, 1.54) is 27.3 Å². The van der Waals surface area contributed by atoms with Gasteiger partial charge in [0, 0.05) is 25.0 Å². The highest BCUT2D eigenvalue weighted by Crippen LogP contribution is 2.33. The summed E-state index contributed by atoms with van der Waals surface area (Å²) in [5, 5.41) is 2.98. The van der Waals surface area contributed by atoms with Crippen molar-refractivity contribution in [2.45, 2.75) is 32.4 Å². The number of rotatable bonds is 6. The summed E-state index contributed by atoms with van der Waals surface area (Å²) in [4.78, 5) is 36.2. The Kier molecular flexibility index (Phi) is 6.96. The molecule has 3 heterocycles. The maximum atomic E-state index is 12.9. The molecule has 1 aliphatic rings. The van der Waals surface area contributed by atoms with Gasteiger partial charge in [0.2, 0.25) is 0 Å². The Hall–Kier alpha value is -3.20. The number of hydrogen-bond acceptors (Lipinski definition) is 6. The van der Waals surface area contributed by atoms with E-state index in [-0.39, 0.29) is 35.3 Å². The van der Waals surface area contributed by atoms with Gasteiger partial charge in [0.05, 0.1) is 23.5 Å². The number of urea groups is 1. The summed E-state index contributed by atoms with van der Waals surface area (Å²) >= 11 is 1.39. The quantitative estimate of drug-likeness (QED) is 0.423. The predicted octanol–water partition coefficient (Wildman–Crippen LogP) is 5.32. The van der Waals surface area contributed by atoms with Gasteiger partial charge < -0.3 is 10.2 Å². The third kappa shape index (κ3) is 5.61. The second-order valence-electron chi connectivity index (χ2n) is 7.79. The molecule has 7 nitrogen and oxygen atoms in total. The van der Waals surface area contributed by atoms with Crippen molar-refractivity contribution in [1.82, 2.24) is 20.2 Å². The number of amides is 3. The van der Waals surface area contributed by atoms with Gasteiger partial charge in [-0.05, 0) is 24.6 Å². The molecule has 2 aromatic heterocycles. The van der Waals surface area contributed by atoms with Gasteiger partial charge in [-0.2, -0.15) is 26.3 Å². The van der Waals surface area contributed by atoms with Crippen LogP contribution < -0.4 is 10.2 Å². The molecule has 0 unspecified atom stereocenters. The van der Waals surface area contributed by atoms with Crippen molar-refractivity contribution >= 4 is 39.7 Å². The lowest BCUT2D eigenvalue weighted by Gasteiger charge is -2.17. The highest BCUT2D eigenvalue weighted by atomic mass is 32.1. The standard InChI is InChI=1S/C21H17F6N5O2S2/c1-11-15(16(33)28-8-14-10-35-17(30-14)21(25,26)27)36-18(29-11)32-7-6-31(19(32)34)9-12-2-4-13(5-3-12)20(22,23)24/h2-5,10H,6-9H2,1H3,(H,28,33). The zero-order chi connectivity index (χ0) is 26.3. The number of anilines is 1. The lowest BCUT2D eigenvalue weighted by Crippen LogP contribution is -2.31. The number of halogens is 6. The molecule has 0 spiro atoms. The first-order valence-electron chi connectivity index (χ1n) is 10.3. The Morgan fingerprint density at radius 2 is 1.75 bits per heavy atom. The van der Waals surface area contributed by atoms with Crippen LogP contribution in [0.5, 0.6) is 0 Å². The Labute approximate surface area is 208 Å². The molecular formula is C21H17F6N5O2S2. The number of carbonyl (C=O) groups excluding carboxylic acids is 2. The van der Waals surface area contributed by atoms with Gasteiger partial charge in [-0.1, -0.05) is 23.5 Å². The summed E-state index contributed by atoms with van der Waals surface area (Å²) in [6.07, 6.45) is -9.00. The van der Waals surface area contributed by atoms with E-state index in [1.807, 2.05) is 0 Å². The number of aryl methyl sites for hydroxylation is 1. The monoisotopic (exact) mass is 549 g/mol. The van der Waals surface area contributed by atoms with Crippen LogP contribution in [0.3, 0.4) is 0 Å². The fourth-order valence-electron chi connectivity index (χ4n) is 3.40. The van der Waals surface area contributed by atoms with Crippen LogP contribution in [0.1, 0.15) is 37.2 Å². The largest absolute Gasteiger partial charge is 0.443 e. The third-order valence-corrected chi connectivity index (χ3v) is 7.31. The van der Waals surface area contributed by atoms with Gasteiger partial charge in [-0.15, -0.1) is 11.3 Å². The molecular weight excluding hydrogens is 532 g/mol. The molecule has 36 heavy (non-hydrogen) atoms. The Bertz CT molecular complexity index is 1270. The van der Waals surface area contributed by atoms with Crippen LogP contribution in [0.25, 0.3) is 0 Å². The Balaban J connectivity index is 1.38. The number of aromatic nitrogens is 2. The third-order valence-electron chi connectivity index (χ3n) is 5.20. The summed E-state index contributed by atoms with van der Waals surface area (Å²) in [6.45, 7) is 2.05. The first kappa shape index (κ1) is 25.9. The summed E-state index contributed by atoms with van der Waals surface area (Å²) < 4.78 is 76.3. The number of nitrogens with zero attached hydrogens (tertiary/aromatic N) is 4. The smallest absolute Gasteiger partial charge is 0.346 e. The number of benzene rings is 1. The van der Waals surface area contributed by atoms with E-state index >= 15 is 0 Å². The first-order valence-corrected chi connectivity index (χ1v) is 12.0. The molecule has 1 aromatic carbocycles. The molecule has 0 radical (unpaired) electrons. The Morgan fingerprint density at radius 1 is 1.06 bits per heavy atom. The molecule has 4 rings (SSSR count). The molecule has 1 N–H and O–H groups in total. The first-order chi connectivity index (χ1) is 16.8. The predicted molar refractivity (Wildman–Crippen MR) is 120 cm³/mol. The summed E-state index contributed by atoms with van der Waals surface area (Å²) in [5.41, 5.74) is 0.164. The second kappa shape index (κ2) is 9.69. The number of carbonyl (C=O) groups is 2. The van der Waals surface area contributed by atoms with Crippen LogP contribution in [0, 0.1) is 6.92 Å². The number of thiazole rings is 2. The summed E-state index contributed by atoms with van der Waals surface area (Å²) in [5.74, 6) is -0.564. The second-order valence-corrected chi connectivity index (χ2v) is 9.62. The summed E-state index contributed by atoms with van der Waals surface area (Å²) in [7, 11) is 0. The molecule has 1 aliphatic heterocycles. The molecule has 1 saturated heterocycles. The van der Waals surface area contributed by atoms with Crippen LogP contribution >= 0.6 is 22.7 Å². The van der Waals surface area contributed by atoms with Crippen molar-refractivity contribution in [3.63, 3.8) is 0 Å². The average Bonchev–Trinajstić information content (AvgIpc) is 3.51. The average molecular weight is 550 g/mol. The zero-order valence-electron chi connectivity index (χ0n) is 18.4. The molecule has 0 saturated carbocycles. The molecule has 0 bridgehead atoms. The van der Waals surface area contributed by atoms with Crippen LogP contribution in [0.2, 0.25) is 0 Å². The normalized spacial score (nSPS) is 14.6. The van der Waals surface area contributed by atoms with Crippen molar-refractivity contribution < 1.29 is 35.9 Å². The van der Waals surface area contributed by atoms with Crippen LogP contribution in [-0.2, 0) is 25.4 Å². The molecule has 15 heteroatoms. The van der Waals surface area contributed by atoms with Crippen molar-refractivity contribution in [3.05, 3.63) is 62.0 Å². The van der Waals surface area contributed by atoms with Crippen molar-refractivity contribution in [1.29, 1.82) is 0 Å². The van der Waals surface area contributed by atoms with Crippen LogP contribution in [0.4, 0.5) is 36.3 Å². The van der Waals surface area contributed by atoms with E-state index in [0.29, 0.717) is 29.1 Å². The molecule has 0 atom stereocenters. The van der Waals surface area contributed by atoms with Crippen molar-refractivity contribution in [2.75, 3.05) is 18.0 Å². The zero-order valence-corrected chi connectivity index (χ0v) is 20.0. The van der Waals surface area contributed by atoms with Crippen LogP contribution in [0.15, 0.2) is 29.6 Å². The van der Waals surface area contributed by atoms with Gasteiger partial charge >= 0.3 is 18.4 Å². The van der Waals surface area contributed by atoms with E-state index in [9.17, 15) is 35.9 Å². The lowest BCUT2D eigenvalue weighted by molar-refractivity contribution is -0.138. The van der Waals surface area contributed by atoms with E-state index < -0.39 is 34.9 Å². The van der Waals surface area contributed by atoms with E-state index in [4.69, 9.17) is 0 Å². The number of alkyl halides is 6. The van der Waals surface area contributed by atoms with Crippen molar-refractivity contribution in [2.24, 2.45) is 0 Å². The van der Waals surface area contributed by atoms with Gasteiger partial charge in [-0.25, -0.2) is 14.8 Å². The van der Waals surface area contributed by atoms with E-state index in [1.54, 1.807) is 6.92 Å². The van der Waals surface area contributed by atoms with E-state index in [0.717, 1.165) is 23.5 Å². The lowest BCUT2D eigenvalue weighted by atomic mass is 10.1. The molecule has 3 amide bonds. The van der Waals surface area contributed by atoms with Crippen LogP contribution in [-0.4, -0.2) is 39.9 Å². The summed E-state index contributed by atoms with van der Waals surface area (Å²) in [6, 6.07) is 4.14. The molecule has 3 aromatic rings. The van der Waals surface area contributed by atoms with Gasteiger partial charge in [0.1, 0.15) is 4.88 Å².